The number of rotatable bonds is 1. The first-order chi connectivity index (χ1) is 5.92. The Morgan fingerprint density at radius 3 is 2.83 bits per heavy atom. The van der Waals surface area contributed by atoms with E-state index < -0.39 is 0 Å². The first kappa shape index (κ1) is 6.91. The summed E-state index contributed by atoms with van der Waals surface area (Å²) in [4.78, 5) is 3.91. The molecule has 0 bridgehead atoms. The monoisotopic (exact) mass is 156 g/mol. The van der Waals surface area contributed by atoms with E-state index in [9.17, 15) is 0 Å². The van der Waals surface area contributed by atoms with Crippen LogP contribution >= 0.6 is 0 Å². The summed E-state index contributed by atoms with van der Waals surface area (Å²) in [6.45, 7) is 0. The molecule has 0 aliphatic rings. The highest BCUT2D eigenvalue weighted by Gasteiger charge is 1.98. The van der Waals surface area contributed by atoms with Gasteiger partial charge in [-0.05, 0) is 17.0 Å². The van der Waals surface area contributed by atoms with Crippen molar-refractivity contribution in [1.29, 1.82) is 0 Å². The number of fused-ring (bicyclic) bond motifs is 1. The average Bonchev–Trinajstić information content (AvgIpc) is 2.17. The molecule has 0 saturated heterocycles. The normalized spacial score (nSPS) is 10.0. The van der Waals surface area contributed by atoms with Crippen molar-refractivity contribution >= 4 is 16.6 Å². The molecule has 1 aromatic heterocycles. The van der Waals surface area contributed by atoms with Crippen LogP contribution in [0.1, 0.15) is 0 Å². The quantitative estimate of drug-likeness (QED) is 0.583. The largest absolute Gasteiger partial charge is 0.235 e. The second-order valence-corrected chi connectivity index (χ2v) is 2.46. The smallest absolute Gasteiger partial charge is 0.184 e. The van der Waals surface area contributed by atoms with Crippen LogP contribution in [0.3, 0.4) is 0 Å². The van der Waals surface area contributed by atoms with Gasteiger partial charge in [0.2, 0.25) is 0 Å². The summed E-state index contributed by atoms with van der Waals surface area (Å²) in [6.07, 6.45) is 1.62. The van der Waals surface area contributed by atoms with Crippen LogP contribution in [0.2, 0.25) is 0 Å². The summed E-state index contributed by atoms with van der Waals surface area (Å²) in [5.41, 5.74) is 8.60. The Morgan fingerprint density at radius 1 is 1.17 bits per heavy atom. The summed E-state index contributed by atoms with van der Waals surface area (Å²) >= 11 is 0. The summed E-state index contributed by atoms with van der Waals surface area (Å²) in [5.74, 6) is 0.369. The molecule has 3 heteroatoms. The van der Waals surface area contributed by atoms with E-state index in [2.05, 4.69) is 10.1 Å². The minimum absolute atomic E-state index is 0.369. The van der Waals surface area contributed by atoms with Gasteiger partial charge in [-0.25, -0.2) is 4.98 Å². The van der Waals surface area contributed by atoms with Gasteiger partial charge in [0, 0.05) is 11.6 Å². The molecule has 57 valence electrons. The molecule has 0 aliphatic carbocycles. The van der Waals surface area contributed by atoms with Gasteiger partial charge in [-0.1, -0.05) is 24.3 Å². The van der Waals surface area contributed by atoms with Crippen molar-refractivity contribution in [3.05, 3.63) is 36.5 Å². The molecule has 0 spiro atoms. The minimum Gasteiger partial charge on any atom is -0.235 e. The number of nitrogens with zero attached hydrogens (tertiary/aromatic N) is 3. The fourth-order valence-electron chi connectivity index (χ4n) is 1.18. The molecular formula is C9H6N3. The van der Waals surface area contributed by atoms with E-state index in [1.807, 2.05) is 30.3 Å². The highest BCUT2D eigenvalue weighted by atomic mass is 15.0. The zero-order valence-electron chi connectivity index (χ0n) is 6.31. The van der Waals surface area contributed by atoms with Crippen LogP contribution in [0, 0.1) is 0 Å². The Hall–Kier alpha value is -1.77. The van der Waals surface area contributed by atoms with E-state index in [1.165, 1.54) is 0 Å². The Labute approximate surface area is 69.6 Å². The topological polar surface area (TPSA) is 47.5 Å². The fourth-order valence-corrected chi connectivity index (χ4v) is 1.18. The third kappa shape index (κ3) is 0.955. The third-order valence-corrected chi connectivity index (χ3v) is 1.75. The lowest BCUT2D eigenvalue weighted by Gasteiger charge is -1.96. The molecule has 0 fully saturated rings. The molecule has 0 saturated carbocycles. The standard InChI is InChI=1S/C9H6N3/c10-12-9-8-4-2-1-3-7(8)5-6-11-9/h1-6H. The zero-order valence-corrected chi connectivity index (χ0v) is 6.31. The van der Waals surface area contributed by atoms with Gasteiger partial charge in [0.1, 0.15) is 0 Å². The van der Waals surface area contributed by atoms with Gasteiger partial charge in [0.15, 0.2) is 5.82 Å². The Balaban J connectivity index is 2.88. The van der Waals surface area contributed by atoms with E-state index in [0.717, 1.165) is 10.8 Å². The highest BCUT2D eigenvalue weighted by molar-refractivity contribution is 5.90. The van der Waals surface area contributed by atoms with Gasteiger partial charge >= 0.3 is 0 Å². The lowest BCUT2D eigenvalue weighted by atomic mass is 10.2. The first-order valence-electron chi connectivity index (χ1n) is 3.60. The van der Waals surface area contributed by atoms with Crippen LogP contribution in [0.15, 0.2) is 41.6 Å². The van der Waals surface area contributed by atoms with Crippen LogP contribution in [0.4, 0.5) is 5.82 Å². The predicted molar refractivity (Wildman–Crippen MR) is 46.0 cm³/mol. The lowest BCUT2D eigenvalue weighted by molar-refractivity contribution is 1.21. The summed E-state index contributed by atoms with van der Waals surface area (Å²) in [7, 11) is 0. The van der Waals surface area contributed by atoms with Gasteiger partial charge < -0.3 is 0 Å². The average molecular weight is 156 g/mol. The number of hydrogen-bond donors (Lipinski definition) is 0. The van der Waals surface area contributed by atoms with Crippen molar-refractivity contribution in [2.45, 2.75) is 0 Å². The van der Waals surface area contributed by atoms with E-state index in [1.54, 1.807) is 6.20 Å². The van der Waals surface area contributed by atoms with Gasteiger partial charge in [-0.3, -0.25) is 0 Å². The van der Waals surface area contributed by atoms with Crippen molar-refractivity contribution in [1.82, 2.24) is 10.5 Å². The van der Waals surface area contributed by atoms with Gasteiger partial charge in [-0.15, -0.1) is 5.11 Å². The Bertz CT molecular complexity index is 418. The molecule has 0 N–H and O–H groups in total. The summed E-state index contributed by atoms with van der Waals surface area (Å²) < 4.78 is 0. The molecule has 0 atom stereocenters. The van der Waals surface area contributed by atoms with Crippen LogP contribution in [-0.4, -0.2) is 4.98 Å². The van der Waals surface area contributed by atoms with E-state index >= 15 is 0 Å². The Morgan fingerprint density at radius 2 is 2.00 bits per heavy atom. The molecule has 1 radical (unpaired) electrons. The molecule has 0 amide bonds. The van der Waals surface area contributed by atoms with E-state index in [0.29, 0.717) is 5.82 Å². The SMILES string of the molecule is [N]=Nc1nccc2ccccc12. The van der Waals surface area contributed by atoms with Crippen LogP contribution in [0.25, 0.3) is 10.8 Å². The molecular weight excluding hydrogens is 150 g/mol. The minimum atomic E-state index is 0.369. The maximum atomic E-state index is 8.60. The summed E-state index contributed by atoms with van der Waals surface area (Å²) in [5, 5.41) is 4.98. The van der Waals surface area contributed by atoms with Crippen molar-refractivity contribution in [2.24, 2.45) is 5.11 Å². The van der Waals surface area contributed by atoms with Gasteiger partial charge in [0.05, 0.1) is 0 Å². The van der Waals surface area contributed by atoms with Gasteiger partial charge in [-0.2, -0.15) is 0 Å². The first-order valence-corrected chi connectivity index (χ1v) is 3.60. The van der Waals surface area contributed by atoms with Crippen molar-refractivity contribution < 1.29 is 0 Å². The second-order valence-electron chi connectivity index (χ2n) is 2.46. The molecule has 0 unspecified atom stereocenters. The predicted octanol–water partition coefficient (Wildman–Crippen LogP) is 2.12. The molecule has 2 rings (SSSR count). The highest BCUT2D eigenvalue weighted by Crippen LogP contribution is 2.21. The summed E-state index contributed by atoms with van der Waals surface area (Å²) in [6, 6.07) is 9.52. The molecule has 2 aromatic rings. The second kappa shape index (κ2) is 2.70. The van der Waals surface area contributed by atoms with E-state index in [4.69, 9.17) is 5.53 Å². The fraction of sp³-hybridized carbons (Fsp3) is 0. The number of pyridine rings is 1. The number of hydrogen-bond acceptors (Lipinski definition) is 2. The molecule has 0 aliphatic heterocycles. The Kier molecular flexibility index (Phi) is 1.55. The third-order valence-electron chi connectivity index (χ3n) is 1.75. The molecule has 3 nitrogen and oxygen atoms in total. The van der Waals surface area contributed by atoms with Crippen molar-refractivity contribution in [3.8, 4) is 0 Å². The van der Waals surface area contributed by atoms with Crippen LogP contribution in [0.5, 0.6) is 0 Å². The van der Waals surface area contributed by atoms with Crippen molar-refractivity contribution in [3.63, 3.8) is 0 Å². The number of benzene rings is 1. The molecule has 1 heterocycles. The maximum Gasteiger partial charge on any atom is 0.184 e. The molecule has 12 heavy (non-hydrogen) atoms. The number of aromatic nitrogens is 1. The molecule has 1 aromatic carbocycles. The maximum absolute atomic E-state index is 8.60. The zero-order chi connectivity index (χ0) is 8.39. The van der Waals surface area contributed by atoms with Gasteiger partial charge in [0.25, 0.3) is 0 Å². The lowest BCUT2D eigenvalue weighted by Crippen LogP contribution is -1.76. The van der Waals surface area contributed by atoms with Crippen LogP contribution in [-0.2, 0) is 0 Å². The van der Waals surface area contributed by atoms with E-state index in [-0.39, 0.29) is 0 Å². The van der Waals surface area contributed by atoms with Crippen LogP contribution < -0.4 is 5.53 Å². The van der Waals surface area contributed by atoms with Crippen molar-refractivity contribution in [2.75, 3.05) is 0 Å².